The fraction of sp³-hybridized carbons (Fsp3) is 0.0417. The van der Waals surface area contributed by atoms with Crippen molar-refractivity contribution in [2.75, 3.05) is 7.11 Å². The van der Waals surface area contributed by atoms with E-state index in [0.717, 1.165) is 10.9 Å². The molecule has 0 spiro atoms. The van der Waals surface area contributed by atoms with E-state index >= 15 is 0 Å². The Hall–Kier alpha value is -3.57. The van der Waals surface area contributed by atoms with E-state index in [1.54, 1.807) is 25.3 Å². The van der Waals surface area contributed by atoms with Gasteiger partial charge >= 0.3 is 0 Å². The van der Waals surface area contributed by atoms with Crippen LogP contribution >= 0.6 is 0 Å². The molecular formula is C24H16O2. The van der Waals surface area contributed by atoms with Gasteiger partial charge in [0.25, 0.3) is 0 Å². The zero-order chi connectivity index (χ0) is 17.9. The lowest BCUT2D eigenvalue weighted by atomic mass is 10.0. The topological polar surface area (TPSA) is 26.3 Å². The Morgan fingerprint density at radius 2 is 1.54 bits per heavy atom. The van der Waals surface area contributed by atoms with Gasteiger partial charge in [0.1, 0.15) is 5.75 Å². The van der Waals surface area contributed by atoms with E-state index in [2.05, 4.69) is 42.2 Å². The molecule has 0 saturated carbocycles. The van der Waals surface area contributed by atoms with Gasteiger partial charge in [0.2, 0.25) is 5.78 Å². The second kappa shape index (κ2) is 6.74. The molecule has 0 amide bonds. The molecule has 0 atom stereocenters. The Balaban J connectivity index is 1.71. The summed E-state index contributed by atoms with van der Waals surface area (Å²) in [6.45, 7) is 0. The lowest BCUT2D eigenvalue weighted by Gasteiger charge is -2.04. The van der Waals surface area contributed by atoms with Crippen LogP contribution in [0.1, 0.15) is 15.9 Å². The van der Waals surface area contributed by atoms with Crippen LogP contribution in [0, 0.1) is 11.8 Å². The number of ether oxygens (including phenoxy) is 1. The lowest BCUT2D eigenvalue weighted by molar-refractivity contribution is 0.105. The SMILES string of the molecule is COc1ccccc1C(=O)C#Cc1ccc2c(ccc3ccccc32)c1. The van der Waals surface area contributed by atoms with E-state index in [1.165, 1.54) is 16.2 Å². The van der Waals surface area contributed by atoms with Crippen LogP contribution in [0.25, 0.3) is 21.5 Å². The third kappa shape index (κ3) is 2.92. The summed E-state index contributed by atoms with van der Waals surface area (Å²) in [5, 5.41) is 4.73. The van der Waals surface area contributed by atoms with E-state index in [1.807, 2.05) is 30.3 Å². The van der Waals surface area contributed by atoms with Gasteiger partial charge in [-0.1, -0.05) is 60.5 Å². The zero-order valence-electron chi connectivity index (χ0n) is 14.3. The maximum atomic E-state index is 12.4. The standard InChI is InChI=1S/C24H16O2/c1-26-24-9-5-4-8-22(24)23(25)15-11-17-10-14-21-19(16-17)13-12-18-6-2-3-7-20(18)21/h2-10,12-14,16H,1H3. The highest BCUT2D eigenvalue weighted by Gasteiger charge is 2.08. The molecule has 124 valence electrons. The minimum absolute atomic E-state index is 0.249. The zero-order valence-corrected chi connectivity index (χ0v) is 14.3. The van der Waals surface area contributed by atoms with Crippen molar-refractivity contribution in [2.45, 2.75) is 0 Å². The van der Waals surface area contributed by atoms with Crippen LogP contribution < -0.4 is 4.74 Å². The summed E-state index contributed by atoms with van der Waals surface area (Å²) in [4.78, 5) is 12.4. The Morgan fingerprint density at radius 3 is 2.42 bits per heavy atom. The van der Waals surface area contributed by atoms with E-state index in [9.17, 15) is 4.79 Å². The van der Waals surface area contributed by atoms with Crippen molar-refractivity contribution in [1.29, 1.82) is 0 Å². The smallest absolute Gasteiger partial charge is 0.239 e. The molecule has 0 aromatic heterocycles. The van der Waals surface area contributed by atoms with Gasteiger partial charge in [0, 0.05) is 5.56 Å². The molecule has 0 saturated heterocycles. The number of ketones is 1. The van der Waals surface area contributed by atoms with Crippen molar-refractivity contribution in [3.8, 4) is 17.6 Å². The number of hydrogen-bond donors (Lipinski definition) is 0. The molecule has 2 nitrogen and oxygen atoms in total. The van der Waals surface area contributed by atoms with Crippen LogP contribution in [0.5, 0.6) is 5.75 Å². The van der Waals surface area contributed by atoms with Crippen LogP contribution in [0.15, 0.2) is 78.9 Å². The van der Waals surface area contributed by atoms with Crippen molar-refractivity contribution < 1.29 is 9.53 Å². The van der Waals surface area contributed by atoms with Gasteiger partial charge < -0.3 is 4.74 Å². The maximum Gasteiger partial charge on any atom is 0.239 e. The van der Waals surface area contributed by atoms with Crippen LogP contribution in [0.3, 0.4) is 0 Å². The summed E-state index contributed by atoms with van der Waals surface area (Å²) in [6.07, 6.45) is 0. The van der Waals surface area contributed by atoms with Gasteiger partial charge in [-0.05, 0) is 51.7 Å². The highest BCUT2D eigenvalue weighted by Crippen LogP contribution is 2.26. The third-order valence-electron chi connectivity index (χ3n) is 4.42. The van der Waals surface area contributed by atoms with Crippen molar-refractivity contribution in [3.63, 3.8) is 0 Å². The third-order valence-corrected chi connectivity index (χ3v) is 4.42. The van der Waals surface area contributed by atoms with Gasteiger partial charge in [-0.2, -0.15) is 0 Å². The summed E-state index contributed by atoms with van der Waals surface area (Å²) < 4.78 is 5.23. The Labute approximate surface area is 152 Å². The minimum Gasteiger partial charge on any atom is -0.496 e. The number of Topliss-reactive ketones (excluding diaryl/α,β-unsaturated/α-hetero) is 1. The number of methoxy groups -OCH3 is 1. The molecule has 0 aliphatic carbocycles. The first-order chi connectivity index (χ1) is 12.8. The fourth-order valence-corrected chi connectivity index (χ4v) is 3.12. The molecule has 0 fully saturated rings. The highest BCUT2D eigenvalue weighted by atomic mass is 16.5. The van der Waals surface area contributed by atoms with E-state index < -0.39 is 0 Å². The quantitative estimate of drug-likeness (QED) is 0.284. The molecule has 0 aliphatic rings. The van der Waals surface area contributed by atoms with Gasteiger partial charge in [-0.3, -0.25) is 4.79 Å². The Kier molecular flexibility index (Phi) is 4.13. The molecule has 0 unspecified atom stereocenters. The molecule has 0 heterocycles. The summed E-state index contributed by atoms with van der Waals surface area (Å²) in [5.74, 6) is 5.99. The van der Waals surface area contributed by atoms with Crippen molar-refractivity contribution >= 4 is 27.3 Å². The highest BCUT2D eigenvalue weighted by molar-refractivity contribution is 6.11. The minimum atomic E-state index is -0.249. The summed E-state index contributed by atoms with van der Waals surface area (Å²) in [6, 6.07) is 25.7. The predicted octanol–water partition coefficient (Wildman–Crippen LogP) is 5.24. The average Bonchev–Trinajstić information content (AvgIpc) is 2.71. The van der Waals surface area contributed by atoms with Crippen molar-refractivity contribution in [3.05, 3.63) is 90.0 Å². The number of benzene rings is 4. The number of rotatable bonds is 2. The Bertz CT molecular complexity index is 1190. The number of hydrogen-bond acceptors (Lipinski definition) is 2. The largest absolute Gasteiger partial charge is 0.496 e. The second-order valence-electron chi connectivity index (χ2n) is 6.00. The first-order valence-corrected chi connectivity index (χ1v) is 8.37. The van der Waals surface area contributed by atoms with Crippen LogP contribution in [-0.4, -0.2) is 12.9 Å². The molecule has 4 aromatic carbocycles. The molecule has 0 radical (unpaired) electrons. The predicted molar refractivity (Wildman–Crippen MR) is 106 cm³/mol. The molecule has 0 N–H and O–H groups in total. The number of para-hydroxylation sites is 1. The molecule has 0 aliphatic heterocycles. The summed E-state index contributed by atoms with van der Waals surface area (Å²) in [5.41, 5.74) is 1.30. The van der Waals surface area contributed by atoms with Crippen LogP contribution in [-0.2, 0) is 0 Å². The monoisotopic (exact) mass is 336 g/mol. The van der Waals surface area contributed by atoms with Crippen molar-refractivity contribution in [1.82, 2.24) is 0 Å². The number of carbonyl (C=O) groups is 1. The first kappa shape index (κ1) is 15.9. The number of fused-ring (bicyclic) bond motifs is 3. The molecule has 26 heavy (non-hydrogen) atoms. The summed E-state index contributed by atoms with van der Waals surface area (Å²) >= 11 is 0. The lowest BCUT2D eigenvalue weighted by Crippen LogP contribution is -1.99. The molecule has 2 heteroatoms. The van der Waals surface area contributed by atoms with E-state index in [-0.39, 0.29) is 5.78 Å². The van der Waals surface area contributed by atoms with Gasteiger partial charge in [-0.15, -0.1) is 0 Å². The average molecular weight is 336 g/mol. The van der Waals surface area contributed by atoms with Gasteiger partial charge in [0.05, 0.1) is 12.7 Å². The second-order valence-corrected chi connectivity index (χ2v) is 6.00. The van der Waals surface area contributed by atoms with Gasteiger partial charge in [0.15, 0.2) is 0 Å². The van der Waals surface area contributed by atoms with Crippen molar-refractivity contribution in [2.24, 2.45) is 0 Å². The fourth-order valence-electron chi connectivity index (χ4n) is 3.12. The van der Waals surface area contributed by atoms with Crippen LogP contribution in [0.2, 0.25) is 0 Å². The Morgan fingerprint density at radius 1 is 0.808 bits per heavy atom. The molecular weight excluding hydrogens is 320 g/mol. The van der Waals surface area contributed by atoms with E-state index in [4.69, 9.17) is 4.74 Å². The summed E-state index contributed by atoms with van der Waals surface area (Å²) in [7, 11) is 1.55. The molecule has 4 aromatic rings. The van der Waals surface area contributed by atoms with E-state index in [0.29, 0.717) is 11.3 Å². The van der Waals surface area contributed by atoms with Gasteiger partial charge in [-0.25, -0.2) is 0 Å². The molecule has 4 rings (SSSR count). The normalized spacial score (nSPS) is 10.3. The maximum absolute atomic E-state index is 12.4. The molecule has 0 bridgehead atoms. The number of carbonyl (C=O) groups excluding carboxylic acids is 1. The van der Waals surface area contributed by atoms with Crippen LogP contribution in [0.4, 0.5) is 0 Å². The first-order valence-electron chi connectivity index (χ1n) is 8.37.